The summed E-state index contributed by atoms with van der Waals surface area (Å²) in [5, 5.41) is 2.95. The molecule has 1 aromatic rings. The summed E-state index contributed by atoms with van der Waals surface area (Å²) in [7, 11) is 0. The highest BCUT2D eigenvalue weighted by Gasteiger charge is 2.34. The molecule has 0 aliphatic heterocycles. The van der Waals surface area contributed by atoms with Crippen LogP contribution in [-0.4, -0.2) is 24.2 Å². The zero-order chi connectivity index (χ0) is 17.5. The van der Waals surface area contributed by atoms with E-state index < -0.39 is 5.60 Å². The molecule has 0 aliphatic carbocycles. The van der Waals surface area contributed by atoms with Crippen molar-refractivity contribution in [3.8, 4) is 5.75 Å². The van der Waals surface area contributed by atoms with Gasteiger partial charge in [-0.3, -0.25) is 4.79 Å². The van der Waals surface area contributed by atoms with Gasteiger partial charge in [0.15, 0.2) is 0 Å². The summed E-state index contributed by atoms with van der Waals surface area (Å²) in [4.78, 5) is 12.6. The van der Waals surface area contributed by atoms with Crippen LogP contribution < -0.4 is 10.1 Å². The van der Waals surface area contributed by atoms with Gasteiger partial charge in [-0.05, 0) is 63.8 Å². The first kappa shape index (κ1) is 19.5. The molecule has 4 heteroatoms. The van der Waals surface area contributed by atoms with Crippen LogP contribution in [-0.2, 0) is 9.53 Å². The Morgan fingerprint density at radius 3 is 2.26 bits per heavy atom. The molecule has 1 N–H and O–H groups in total. The van der Waals surface area contributed by atoms with E-state index in [4.69, 9.17) is 9.47 Å². The minimum absolute atomic E-state index is 0.108. The van der Waals surface area contributed by atoms with Crippen molar-refractivity contribution in [2.24, 2.45) is 5.92 Å². The number of amides is 1. The Hall–Kier alpha value is -1.55. The molecule has 1 rings (SSSR count). The third-order valence-electron chi connectivity index (χ3n) is 3.77. The van der Waals surface area contributed by atoms with Gasteiger partial charge in [0.05, 0.1) is 6.10 Å². The van der Waals surface area contributed by atoms with Gasteiger partial charge in [0.1, 0.15) is 11.4 Å². The van der Waals surface area contributed by atoms with Gasteiger partial charge in [-0.25, -0.2) is 0 Å². The van der Waals surface area contributed by atoms with E-state index >= 15 is 0 Å². The first-order valence-electron chi connectivity index (χ1n) is 8.52. The van der Waals surface area contributed by atoms with E-state index in [2.05, 4.69) is 26.1 Å². The molecule has 0 aliphatic rings. The lowest BCUT2D eigenvalue weighted by atomic mass is 9.93. The Bertz CT molecular complexity index is 484. The average Bonchev–Trinajstić information content (AvgIpc) is 2.48. The van der Waals surface area contributed by atoms with Gasteiger partial charge in [-0.1, -0.05) is 20.8 Å². The number of hydrogen-bond donors (Lipinski definition) is 1. The summed E-state index contributed by atoms with van der Waals surface area (Å²) < 4.78 is 11.5. The number of carbonyl (C=O) groups is 1. The van der Waals surface area contributed by atoms with E-state index in [0.717, 1.165) is 17.9 Å². The summed E-state index contributed by atoms with van der Waals surface area (Å²) in [5.41, 5.74) is -0.0596. The normalized spacial score (nSPS) is 15.1. The summed E-state index contributed by atoms with van der Waals surface area (Å²) in [5.74, 6) is 1.08. The van der Waals surface area contributed by atoms with Gasteiger partial charge >= 0.3 is 0 Å². The smallest absolute Gasteiger partial charge is 0.256 e. The molecule has 23 heavy (non-hydrogen) atoms. The van der Waals surface area contributed by atoms with Crippen LogP contribution in [0.15, 0.2) is 24.3 Å². The van der Waals surface area contributed by atoms with Crippen LogP contribution >= 0.6 is 0 Å². The molecular weight excluding hydrogens is 290 g/mol. The van der Waals surface area contributed by atoms with Gasteiger partial charge in [0.25, 0.3) is 5.91 Å². The van der Waals surface area contributed by atoms with E-state index in [1.807, 2.05) is 45.0 Å². The molecule has 1 aromatic carbocycles. The van der Waals surface area contributed by atoms with Crippen molar-refractivity contribution < 1.29 is 14.3 Å². The molecule has 0 saturated heterocycles. The summed E-state index contributed by atoms with van der Waals surface area (Å²) in [6.45, 7) is 12.6. The Labute approximate surface area is 140 Å². The fourth-order valence-electron chi connectivity index (χ4n) is 2.51. The number of anilines is 1. The minimum atomic E-state index is -0.811. The zero-order valence-electron chi connectivity index (χ0n) is 15.3. The van der Waals surface area contributed by atoms with Crippen molar-refractivity contribution in [2.45, 2.75) is 66.1 Å². The molecule has 0 heterocycles. The van der Waals surface area contributed by atoms with E-state index in [-0.39, 0.29) is 12.0 Å². The van der Waals surface area contributed by atoms with Gasteiger partial charge in [0.2, 0.25) is 0 Å². The van der Waals surface area contributed by atoms with E-state index in [1.165, 1.54) is 0 Å². The van der Waals surface area contributed by atoms with E-state index in [1.54, 1.807) is 0 Å². The first-order valence-corrected chi connectivity index (χ1v) is 8.52. The van der Waals surface area contributed by atoms with Gasteiger partial charge in [-0.2, -0.15) is 0 Å². The number of hydrogen-bond acceptors (Lipinski definition) is 3. The summed E-state index contributed by atoms with van der Waals surface area (Å²) in [6.07, 6.45) is 1.82. The van der Waals surface area contributed by atoms with Crippen molar-refractivity contribution in [3.63, 3.8) is 0 Å². The third-order valence-corrected chi connectivity index (χ3v) is 3.77. The lowest BCUT2D eigenvalue weighted by molar-refractivity contribution is -0.140. The van der Waals surface area contributed by atoms with Gasteiger partial charge < -0.3 is 14.8 Å². The molecule has 2 atom stereocenters. The fraction of sp³-hybridized carbons (Fsp3) is 0.632. The highest BCUT2D eigenvalue weighted by Crippen LogP contribution is 2.24. The first-order chi connectivity index (χ1) is 10.8. The molecular formula is C19H31NO3. The van der Waals surface area contributed by atoms with E-state index in [9.17, 15) is 4.79 Å². The van der Waals surface area contributed by atoms with E-state index in [0.29, 0.717) is 18.9 Å². The highest BCUT2D eigenvalue weighted by molar-refractivity contribution is 5.97. The van der Waals surface area contributed by atoms with Crippen LogP contribution in [0.25, 0.3) is 0 Å². The van der Waals surface area contributed by atoms with Crippen LogP contribution in [0.3, 0.4) is 0 Å². The Balaban J connectivity index is 2.74. The second kappa shape index (κ2) is 8.92. The standard InChI is InChI=1S/C19H31NO3/c1-7-15(5)23-17-11-9-16(10-12-17)20-18(21)19(6,22-8-2)13-14(3)4/h9-12,14-15H,7-8,13H2,1-6H3,(H,20,21)/t15-,19-/m1/s1. The lowest BCUT2D eigenvalue weighted by Gasteiger charge is -2.29. The molecule has 0 fully saturated rings. The highest BCUT2D eigenvalue weighted by atomic mass is 16.5. The second-order valence-corrected chi connectivity index (χ2v) is 6.58. The number of rotatable bonds is 9. The van der Waals surface area contributed by atoms with Crippen LogP contribution in [0.4, 0.5) is 5.69 Å². The van der Waals surface area contributed by atoms with Crippen LogP contribution in [0.5, 0.6) is 5.75 Å². The number of carbonyl (C=O) groups excluding carboxylic acids is 1. The quantitative estimate of drug-likeness (QED) is 0.720. The predicted octanol–water partition coefficient (Wildman–Crippen LogP) is 4.64. The van der Waals surface area contributed by atoms with Crippen molar-refractivity contribution in [1.29, 1.82) is 0 Å². The largest absolute Gasteiger partial charge is 0.491 e. The topological polar surface area (TPSA) is 47.6 Å². The molecule has 0 unspecified atom stereocenters. The number of nitrogens with one attached hydrogen (secondary N) is 1. The molecule has 0 saturated carbocycles. The van der Waals surface area contributed by atoms with Gasteiger partial charge in [0, 0.05) is 12.3 Å². The number of benzene rings is 1. The van der Waals surface area contributed by atoms with Crippen LogP contribution in [0, 0.1) is 5.92 Å². The number of ether oxygens (including phenoxy) is 2. The summed E-state index contributed by atoms with van der Waals surface area (Å²) in [6, 6.07) is 7.47. The summed E-state index contributed by atoms with van der Waals surface area (Å²) >= 11 is 0. The van der Waals surface area contributed by atoms with Crippen molar-refractivity contribution >= 4 is 11.6 Å². The lowest BCUT2D eigenvalue weighted by Crippen LogP contribution is -2.43. The monoisotopic (exact) mass is 321 g/mol. The molecule has 0 radical (unpaired) electrons. The maximum Gasteiger partial charge on any atom is 0.256 e. The Kier molecular flexibility index (Phi) is 7.56. The van der Waals surface area contributed by atoms with Gasteiger partial charge in [-0.15, -0.1) is 0 Å². The van der Waals surface area contributed by atoms with Crippen molar-refractivity contribution in [1.82, 2.24) is 0 Å². The van der Waals surface area contributed by atoms with Crippen molar-refractivity contribution in [2.75, 3.05) is 11.9 Å². The molecule has 0 aromatic heterocycles. The fourth-order valence-corrected chi connectivity index (χ4v) is 2.51. The molecule has 0 spiro atoms. The predicted molar refractivity (Wildman–Crippen MR) is 94.9 cm³/mol. The Morgan fingerprint density at radius 1 is 1.17 bits per heavy atom. The maximum atomic E-state index is 12.6. The van der Waals surface area contributed by atoms with Crippen molar-refractivity contribution in [3.05, 3.63) is 24.3 Å². The molecule has 1 amide bonds. The SMILES string of the molecule is CCO[C@](C)(CC(C)C)C(=O)Nc1ccc(O[C@H](C)CC)cc1. The average molecular weight is 321 g/mol. The minimum Gasteiger partial charge on any atom is -0.491 e. The molecule has 4 nitrogen and oxygen atoms in total. The second-order valence-electron chi connectivity index (χ2n) is 6.58. The molecule has 0 bridgehead atoms. The van der Waals surface area contributed by atoms with Crippen LogP contribution in [0.2, 0.25) is 0 Å². The molecule has 130 valence electrons. The Morgan fingerprint density at radius 2 is 1.78 bits per heavy atom. The zero-order valence-corrected chi connectivity index (χ0v) is 15.3. The third kappa shape index (κ3) is 6.22. The maximum absolute atomic E-state index is 12.6. The van der Waals surface area contributed by atoms with Crippen LogP contribution in [0.1, 0.15) is 54.4 Å².